The van der Waals surface area contributed by atoms with Gasteiger partial charge in [-0.3, -0.25) is 0 Å². The van der Waals surface area contributed by atoms with Crippen molar-refractivity contribution in [2.75, 3.05) is 19.4 Å². The van der Waals surface area contributed by atoms with E-state index < -0.39 is 10.0 Å². The van der Waals surface area contributed by atoms with Crippen molar-refractivity contribution in [2.45, 2.75) is 18.4 Å². The Morgan fingerprint density at radius 3 is 2.71 bits per heavy atom. The van der Waals surface area contributed by atoms with Gasteiger partial charge < -0.3 is 5.32 Å². The van der Waals surface area contributed by atoms with Crippen molar-refractivity contribution in [1.29, 1.82) is 0 Å². The van der Waals surface area contributed by atoms with Crippen LogP contribution < -0.4 is 5.32 Å². The summed E-state index contributed by atoms with van der Waals surface area (Å²) in [6.07, 6.45) is 1.29. The second-order valence-electron chi connectivity index (χ2n) is 4.37. The molecule has 0 spiro atoms. The maximum Gasteiger partial charge on any atom is 0.244 e. The first kappa shape index (κ1) is 16.2. The Labute approximate surface area is 132 Å². The van der Waals surface area contributed by atoms with Crippen molar-refractivity contribution in [2.24, 2.45) is 0 Å². The van der Waals surface area contributed by atoms with E-state index in [9.17, 15) is 8.42 Å². The Morgan fingerprint density at radius 2 is 2.19 bits per heavy atom. The Balaban J connectivity index is 2.26. The molecule has 0 aromatic carbocycles. The summed E-state index contributed by atoms with van der Waals surface area (Å²) in [5.74, 6) is 0.438. The molecular formula is C12H15ClN4O2S2. The fourth-order valence-electron chi connectivity index (χ4n) is 1.72. The number of hydrogen-bond acceptors (Lipinski definition) is 6. The molecule has 0 fully saturated rings. The topological polar surface area (TPSA) is 75.2 Å². The summed E-state index contributed by atoms with van der Waals surface area (Å²) in [6, 6.07) is 1.39. The molecule has 0 bridgehead atoms. The summed E-state index contributed by atoms with van der Waals surface area (Å²) in [5.41, 5.74) is 0.717. The van der Waals surface area contributed by atoms with Crippen LogP contribution in [0.4, 0.5) is 5.82 Å². The highest BCUT2D eigenvalue weighted by Crippen LogP contribution is 2.24. The van der Waals surface area contributed by atoms with Gasteiger partial charge in [0.1, 0.15) is 10.7 Å². The lowest BCUT2D eigenvalue weighted by molar-refractivity contribution is 0.462. The number of aromatic nitrogens is 2. The van der Waals surface area contributed by atoms with Crippen LogP contribution in [0.25, 0.3) is 0 Å². The number of pyridine rings is 1. The molecule has 0 saturated heterocycles. The van der Waals surface area contributed by atoms with Gasteiger partial charge in [-0.15, -0.1) is 11.3 Å². The van der Waals surface area contributed by atoms with Crippen molar-refractivity contribution in [3.63, 3.8) is 0 Å². The van der Waals surface area contributed by atoms with Crippen LogP contribution in [-0.2, 0) is 16.6 Å². The standard InChI is InChI=1S/C12H15ClN4O2S2/c1-8-16-9(7-20-8)6-17(3)21(18,19)10-4-11(13)12(14-2)15-5-10/h4-5,7H,6H2,1-3H3,(H,14,15). The van der Waals surface area contributed by atoms with Gasteiger partial charge in [0.05, 0.1) is 22.3 Å². The summed E-state index contributed by atoms with van der Waals surface area (Å²) >= 11 is 7.47. The smallest absolute Gasteiger partial charge is 0.244 e. The second kappa shape index (κ2) is 6.27. The molecule has 0 aliphatic carbocycles. The lowest BCUT2D eigenvalue weighted by Crippen LogP contribution is -2.26. The molecule has 2 aromatic rings. The molecule has 21 heavy (non-hydrogen) atoms. The number of aryl methyl sites for hydroxylation is 1. The minimum Gasteiger partial charge on any atom is -0.372 e. The summed E-state index contributed by atoms with van der Waals surface area (Å²) < 4.78 is 26.2. The Morgan fingerprint density at radius 1 is 1.48 bits per heavy atom. The third kappa shape index (κ3) is 3.52. The van der Waals surface area contributed by atoms with Gasteiger partial charge >= 0.3 is 0 Å². The van der Waals surface area contributed by atoms with Crippen molar-refractivity contribution in [3.05, 3.63) is 33.4 Å². The van der Waals surface area contributed by atoms with E-state index in [1.807, 2.05) is 12.3 Å². The van der Waals surface area contributed by atoms with Crippen LogP contribution in [-0.4, -0.2) is 36.8 Å². The van der Waals surface area contributed by atoms with E-state index in [4.69, 9.17) is 11.6 Å². The van der Waals surface area contributed by atoms with Gasteiger partial charge in [0.2, 0.25) is 10.0 Å². The quantitative estimate of drug-likeness (QED) is 0.899. The molecule has 0 aliphatic rings. The number of hydrogen-bond donors (Lipinski definition) is 1. The molecule has 0 aliphatic heterocycles. The predicted octanol–water partition coefficient (Wildman–Crippen LogP) is 2.36. The molecule has 6 nitrogen and oxygen atoms in total. The molecule has 0 amide bonds. The molecule has 2 aromatic heterocycles. The van der Waals surface area contributed by atoms with E-state index >= 15 is 0 Å². The molecule has 2 rings (SSSR count). The number of sulfonamides is 1. The number of nitrogens with zero attached hydrogens (tertiary/aromatic N) is 3. The highest BCUT2D eigenvalue weighted by Gasteiger charge is 2.23. The highest BCUT2D eigenvalue weighted by molar-refractivity contribution is 7.89. The van der Waals surface area contributed by atoms with Crippen molar-refractivity contribution in [3.8, 4) is 0 Å². The van der Waals surface area contributed by atoms with E-state index in [1.54, 1.807) is 7.05 Å². The maximum atomic E-state index is 12.5. The molecule has 2 heterocycles. The van der Waals surface area contributed by atoms with Crippen molar-refractivity contribution < 1.29 is 8.42 Å². The minimum atomic E-state index is -3.65. The molecule has 0 radical (unpaired) electrons. The third-order valence-corrected chi connectivity index (χ3v) is 5.69. The van der Waals surface area contributed by atoms with Crippen LogP contribution in [0.3, 0.4) is 0 Å². The first-order chi connectivity index (χ1) is 9.84. The van der Waals surface area contributed by atoms with Gasteiger partial charge in [0.25, 0.3) is 0 Å². The predicted molar refractivity (Wildman–Crippen MR) is 84.3 cm³/mol. The van der Waals surface area contributed by atoms with Crippen LogP contribution in [0.2, 0.25) is 5.02 Å². The van der Waals surface area contributed by atoms with Crippen LogP contribution >= 0.6 is 22.9 Å². The normalized spacial score (nSPS) is 11.9. The van der Waals surface area contributed by atoms with Crippen molar-refractivity contribution in [1.82, 2.24) is 14.3 Å². The fourth-order valence-corrected chi connectivity index (χ4v) is 3.76. The van der Waals surface area contributed by atoms with Crippen LogP contribution in [0.1, 0.15) is 10.7 Å². The zero-order valence-electron chi connectivity index (χ0n) is 11.8. The molecule has 114 valence electrons. The van der Waals surface area contributed by atoms with E-state index in [-0.39, 0.29) is 16.5 Å². The molecule has 9 heteroatoms. The molecular weight excluding hydrogens is 332 g/mol. The van der Waals surface area contributed by atoms with E-state index in [1.165, 1.54) is 35.0 Å². The summed E-state index contributed by atoms with van der Waals surface area (Å²) in [5, 5.41) is 5.79. The number of nitrogens with one attached hydrogen (secondary N) is 1. The van der Waals surface area contributed by atoms with Gasteiger partial charge in [-0.05, 0) is 13.0 Å². The fraction of sp³-hybridized carbons (Fsp3) is 0.333. The van der Waals surface area contributed by atoms with Crippen LogP contribution in [0, 0.1) is 6.92 Å². The lowest BCUT2D eigenvalue weighted by atomic mass is 10.4. The first-order valence-corrected chi connectivity index (χ1v) is 8.75. The Bertz CT molecular complexity index is 745. The average molecular weight is 347 g/mol. The Hall–Kier alpha value is -1.22. The zero-order valence-corrected chi connectivity index (χ0v) is 14.2. The number of halogens is 1. The number of anilines is 1. The summed E-state index contributed by atoms with van der Waals surface area (Å²) in [4.78, 5) is 8.31. The first-order valence-electron chi connectivity index (χ1n) is 6.05. The number of rotatable bonds is 5. The summed E-state index contributed by atoms with van der Waals surface area (Å²) in [7, 11) is -0.483. The molecule has 0 unspecified atom stereocenters. The minimum absolute atomic E-state index is 0.0564. The van der Waals surface area contributed by atoms with Crippen LogP contribution in [0.5, 0.6) is 0 Å². The largest absolute Gasteiger partial charge is 0.372 e. The number of thiazole rings is 1. The van der Waals surface area contributed by atoms with E-state index in [2.05, 4.69) is 15.3 Å². The highest BCUT2D eigenvalue weighted by atomic mass is 35.5. The van der Waals surface area contributed by atoms with Gasteiger partial charge in [0, 0.05) is 25.7 Å². The Kier molecular flexibility index (Phi) is 4.82. The average Bonchev–Trinajstić information content (AvgIpc) is 2.83. The van der Waals surface area contributed by atoms with E-state index in [0.29, 0.717) is 5.82 Å². The third-order valence-electron chi connectivity index (χ3n) is 2.81. The van der Waals surface area contributed by atoms with Gasteiger partial charge in [0.15, 0.2) is 0 Å². The SMILES string of the molecule is CNc1ncc(S(=O)(=O)N(C)Cc2csc(C)n2)cc1Cl. The monoisotopic (exact) mass is 346 g/mol. The zero-order chi connectivity index (χ0) is 15.6. The summed E-state index contributed by atoms with van der Waals surface area (Å²) in [6.45, 7) is 2.08. The van der Waals surface area contributed by atoms with Crippen LogP contribution in [0.15, 0.2) is 22.5 Å². The van der Waals surface area contributed by atoms with E-state index in [0.717, 1.165) is 10.7 Å². The molecule has 1 N–H and O–H groups in total. The van der Waals surface area contributed by atoms with Gasteiger partial charge in [-0.1, -0.05) is 11.6 Å². The maximum absolute atomic E-state index is 12.5. The molecule has 0 saturated carbocycles. The second-order valence-corrected chi connectivity index (χ2v) is 7.88. The van der Waals surface area contributed by atoms with Crippen molar-refractivity contribution >= 4 is 38.8 Å². The lowest BCUT2D eigenvalue weighted by Gasteiger charge is -2.16. The van der Waals surface area contributed by atoms with Gasteiger partial charge in [-0.2, -0.15) is 4.31 Å². The van der Waals surface area contributed by atoms with Gasteiger partial charge in [-0.25, -0.2) is 18.4 Å². The molecule has 0 atom stereocenters.